The third-order valence-corrected chi connectivity index (χ3v) is 4.90. The van der Waals surface area contributed by atoms with Gasteiger partial charge < -0.3 is 10.6 Å². The van der Waals surface area contributed by atoms with Crippen molar-refractivity contribution in [2.24, 2.45) is 5.92 Å². The van der Waals surface area contributed by atoms with Crippen LogP contribution >= 0.6 is 11.3 Å². The highest BCUT2D eigenvalue weighted by molar-refractivity contribution is 7.12. The van der Waals surface area contributed by atoms with Gasteiger partial charge in [0.1, 0.15) is 0 Å². The molecule has 0 radical (unpaired) electrons. The molecule has 0 bridgehead atoms. The molecule has 1 amide bonds. The van der Waals surface area contributed by atoms with Gasteiger partial charge in [-0.25, -0.2) is 0 Å². The number of fused-ring (bicyclic) bond motifs is 1. The number of nitrogens with one attached hydrogen (secondary N) is 2. The Morgan fingerprint density at radius 3 is 3.24 bits per heavy atom. The van der Waals surface area contributed by atoms with Crippen LogP contribution in [-0.2, 0) is 24.2 Å². The monoisotopic (exact) mass is 250 g/mol. The Hall–Kier alpha value is -0.870. The van der Waals surface area contributed by atoms with Gasteiger partial charge in [-0.2, -0.15) is 0 Å². The molecule has 1 aromatic heterocycles. The lowest BCUT2D eigenvalue weighted by molar-refractivity contribution is -0.124. The molecule has 0 saturated carbocycles. The smallest absolute Gasteiger partial charge is 0.224 e. The lowest BCUT2D eigenvalue weighted by atomic mass is 10.1. The van der Waals surface area contributed by atoms with Crippen LogP contribution < -0.4 is 10.6 Å². The predicted octanol–water partition coefficient (Wildman–Crippen LogP) is 1.46. The number of hydrogen-bond acceptors (Lipinski definition) is 3. The fourth-order valence-electron chi connectivity index (χ4n) is 2.67. The Morgan fingerprint density at radius 2 is 2.47 bits per heavy atom. The first-order valence-corrected chi connectivity index (χ1v) is 7.23. The molecular weight excluding hydrogens is 232 g/mol. The van der Waals surface area contributed by atoms with Crippen LogP contribution in [0.4, 0.5) is 0 Å². The number of amides is 1. The second kappa shape index (κ2) is 4.78. The first kappa shape index (κ1) is 11.2. The molecule has 1 unspecified atom stereocenters. The van der Waals surface area contributed by atoms with E-state index in [0.717, 1.165) is 19.5 Å². The first-order valence-electron chi connectivity index (χ1n) is 6.42. The van der Waals surface area contributed by atoms with E-state index in [9.17, 15) is 4.79 Å². The highest BCUT2D eigenvalue weighted by atomic mass is 32.1. The van der Waals surface area contributed by atoms with Crippen LogP contribution in [0.1, 0.15) is 28.2 Å². The Kier molecular flexibility index (Phi) is 3.16. The Morgan fingerprint density at radius 1 is 1.53 bits per heavy atom. The number of hydrogen-bond donors (Lipinski definition) is 2. The molecule has 3 rings (SSSR count). The van der Waals surface area contributed by atoms with Crippen molar-refractivity contribution < 1.29 is 4.79 Å². The predicted molar refractivity (Wildman–Crippen MR) is 69.2 cm³/mol. The van der Waals surface area contributed by atoms with Gasteiger partial charge in [-0.1, -0.05) is 0 Å². The third-order valence-electron chi connectivity index (χ3n) is 3.67. The molecule has 0 spiro atoms. The fourth-order valence-corrected chi connectivity index (χ4v) is 3.88. The van der Waals surface area contributed by atoms with Crippen LogP contribution in [0.5, 0.6) is 0 Å². The van der Waals surface area contributed by atoms with E-state index in [-0.39, 0.29) is 11.8 Å². The van der Waals surface area contributed by atoms with E-state index in [1.54, 1.807) is 0 Å². The number of aryl methyl sites for hydroxylation is 2. The molecule has 3 nitrogen and oxygen atoms in total. The van der Waals surface area contributed by atoms with Crippen molar-refractivity contribution in [1.82, 2.24) is 10.6 Å². The van der Waals surface area contributed by atoms with Gasteiger partial charge in [-0.05, 0) is 43.9 Å². The average Bonchev–Trinajstić information content (AvgIpc) is 3.01. The Balaban J connectivity index is 1.54. The molecule has 2 N–H and O–H groups in total. The first-order chi connectivity index (χ1) is 8.33. The van der Waals surface area contributed by atoms with Crippen molar-refractivity contribution in [2.45, 2.75) is 32.2 Å². The molecule has 2 heterocycles. The van der Waals surface area contributed by atoms with Gasteiger partial charge in [0.05, 0.1) is 12.5 Å². The van der Waals surface area contributed by atoms with Crippen LogP contribution in [0.3, 0.4) is 0 Å². The molecule has 1 fully saturated rings. The lowest BCUT2D eigenvalue weighted by Gasteiger charge is -2.08. The highest BCUT2D eigenvalue weighted by Gasteiger charge is 2.22. The molecule has 2 aliphatic rings. The van der Waals surface area contributed by atoms with Gasteiger partial charge >= 0.3 is 0 Å². The van der Waals surface area contributed by atoms with E-state index in [0.29, 0.717) is 6.54 Å². The molecule has 1 atom stereocenters. The summed E-state index contributed by atoms with van der Waals surface area (Å²) in [6.07, 6.45) is 4.75. The van der Waals surface area contributed by atoms with E-state index in [4.69, 9.17) is 0 Å². The normalized spacial score (nSPS) is 22.7. The van der Waals surface area contributed by atoms with Crippen LogP contribution in [0.25, 0.3) is 0 Å². The molecule has 1 aliphatic heterocycles. The van der Waals surface area contributed by atoms with Crippen LogP contribution in [0.2, 0.25) is 0 Å². The van der Waals surface area contributed by atoms with Crippen molar-refractivity contribution in [1.29, 1.82) is 0 Å². The number of thiophene rings is 1. The Bertz CT molecular complexity index is 400. The molecule has 1 aromatic rings. The summed E-state index contributed by atoms with van der Waals surface area (Å²) in [7, 11) is 0. The van der Waals surface area contributed by atoms with E-state index < -0.39 is 0 Å². The van der Waals surface area contributed by atoms with Crippen LogP contribution in [0, 0.1) is 5.92 Å². The molecule has 1 saturated heterocycles. The van der Waals surface area contributed by atoms with Crippen molar-refractivity contribution in [3.8, 4) is 0 Å². The lowest BCUT2D eigenvalue weighted by Crippen LogP contribution is -2.31. The largest absolute Gasteiger partial charge is 0.351 e. The molecule has 17 heavy (non-hydrogen) atoms. The minimum absolute atomic E-state index is 0.182. The minimum atomic E-state index is 0.182. The van der Waals surface area contributed by atoms with Crippen LogP contribution in [-0.4, -0.2) is 19.0 Å². The zero-order valence-corrected chi connectivity index (χ0v) is 10.7. The van der Waals surface area contributed by atoms with E-state index in [1.165, 1.54) is 34.6 Å². The number of rotatable bonds is 3. The second-order valence-corrected chi connectivity index (χ2v) is 6.14. The van der Waals surface area contributed by atoms with E-state index >= 15 is 0 Å². The van der Waals surface area contributed by atoms with Gasteiger partial charge in [0.2, 0.25) is 5.91 Å². The van der Waals surface area contributed by atoms with Gasteiger partial charge in [0.15, 0.2) is 0 Å². The summed E-state index contributed by atoms with van der Waals surface area (Å²) >= 11 is 1.88. The molecular formula is C13H18N2OS. The molecule has 4 heteroatoms. The SMILES string of the molecule is O=C(NCc1cc2c(s1)CCC2)C1CCNC1. The summed E-state index contributed by atoms with van der Waals surface area (Å²) in [4.78, 5) is 14.7. The minimum Gasteiger partial charge on any atom is -0.351 e. The highest BCUT2D eigenvalue weighted by Crippen LogP contribution is 2.30. The molecule has 1 aliphatic carbocycles. The zero-order chi connectivity index (χ0) is 11.7. The maximum atomic E-state index is 11.8. The van der Waals surface area contributed by atoms with Crippen molar-refractivity contribution >= 4 is 17.2 Å². The summed E-state index contributed by atoms with van der Waals surface area (Å²) in [5.41, 5.74) is 1.52. The average molecular weight is 250 g/mol. The number of carbonyl (C=O) groups is 1. The fraction of sp³-hybridized carbons (Fsp3) is 0.615. The standard InChI is InChI=1S/C13H18N2OS/c16-13(10-4-5-14-7-10)15-8-11-6-9-2-1-3-12(9)17-11/h6,10,14H,1-5,7-8H2,(H,15,16). The summed E-state index contributed by atoms with van der Waals surface area (Å²) in [6, 6.07) is 2.28. The second-order valence-electron chi connectivity index (χ2n) is 4.92. The molecule has 0 aromatic carbocycles. The summed E-state index contributed by atoms with van der Waals surface area (Å²) in [5.74, 6) is 0.394. The topological polar surface area (TPSA) is 41.1 Å². The number of carbonyl (C=O) groups excluding carboxylic acids is 1. The van der Waals surface area contributed by atoms with E-state index in [2.05, 4.69) is 16.7 Å². The third kappa shape index (κ3) is 2.38. The van der Waals surface area contributed by atoms with Gasteiger partial charge in [-0.3, -0.25) is 4.79 Å². The van der Waals surface area contributed by atoms with E-state index in [1.807, 2.05) is 11.3 Å². The summed E-state index contributed by atoms with van der Waals surface area (Å²) in [6.45, 7) is 2.53. The van der Waals surface area contributed by atoms with Gasteiger partial charge in [-0.15, -0.1) is 11.3 Å². The maximum Gasteiger partial charge on any atom is 0.224 e. The quantitative estimate of drug-likeness (QED) is 0.853. The maximum absolute atomic E-state index is 11.8. The van der Waals surface area contributed by atoms with Crippen LogP contribution in [0.15, 0.2) is 6.07 Å². The summed E-state index contributed by atoms with van der Waals surface area (Å²) in [5, 5.41) is 6.29. The van der Waals surface area contributed by atoms with Gasteiger partial charge in [0, 0.05) is 16.3 Å². The molecule has 92 valence electrons. The van der Waals surface area contributed by atoms with Crippen molar-refractivity contribution in [3.05, 3.63) is 21.4 Å². The van der Waals surface area contributed by atoms with Crippen molar-refractivity contribution in [2.75, 3.05) is 13.1 Å². The summed E-state index contributed by atoms with van der Waals surface area (Å²) < 4.78 is 0. The van der Waals surface area contributed by atoms with Crippen molar-refractivity contribution in [3.63, 3.8) is 0 Å². The zero-order valence-electron chi connectivity index (χ0n) is 9.92. The Labute approximate surface area is 106 Å². The van der Waals surface area contributed by atoms with Gasteiger partial charge in [0.25, 0.3) is 0 Å².